The van der Waals surface area contributed by atoms with Gasteiger partial charge in [0.15, 0.2) is 0 Å². The van der Waals surface area contributed by atoms with E-state index in [0.717, 1.165) is 75.7 Å². The molecule has 1 aromatic heterocycles. The van der Waals surface area contributed by atoms with Gasteiger partial charge in [-0.1, -0.05) is 121 Å². The van der Waals surface area contributed by atoms with Crippen LogP contribution >= 0.6 is 0 Å². The number of fused-ring (bicyclic) bond motifs is 16. The molecule has 0 unspecified atom stereocenters. The van der Waals surface area contributed by atoms with Crippen molar-refractivity contribution < 1.29 is 0 Å². The largest absolute Gasteiger partial charge is 0.310 e. The highest BCUT2D eigenvalue weighted by atomic mass is 16.1. The second-order valence-electron chi connectivity index (χ2n) is 12.6. The first-order valence-corrected chi connectivity index (χ1v) is 16.1. The predicted octanol–water partition coefficient (Wildman–Crippen LogP) is 10.00. The van der Waals surface area contributed by atoms with Gasteiger partial charge in [0.05, 0.1) is 11.0 Å². The van der Waals surface area contributed by atoms with Crippen LogP contribution in [0.5, 0.6) is 0 Å². The van der Waals surface area contributed by atoms with Crippen molar-refractivity contribution in [1.82, 2.24) is 9.13 Å². The lowest BCUT2D eigenvalue weighted by atomic mass is 9.99. The molecule has 0 radical (unpaired) electrons. The van der Waals surface area contributed by atoms with E-state index in [2.05, 4.69) is 72.8 Å². The van der Waals surface area contributed by atoms with E-state index in [4.69, 9.17) is 0 Å². The first kappa shape index (κ1) is 28.0. The standard InChI is InChI=1S/C44H30N2O2/c1-45-41-35-17-9-3-11-27(35)19-21-37(41)31-23-30-14-6-8-16-34(30)40(26-31)44(48)46(2)42-36-18-10-4-12-28(36)20-22-38(42)32-24-29-13-5-7-15-33(29)39(25-32)43(45)47/h3-26H,1-2H3. The highest BCUT2D eigenvalue weighted by Gasteiger charge is 2.12. The van der Waals surface area contributed by atoms with Gasteiger partial charge < -0.3 is 9.13 Å². The number of benzene rings is 8. The average Bonchev–Trinajstić information content (AvgIpc) is 3.14. The average molecular weight is 619 g/mol. The first-order chi connectivity index (χ1) is 23.5. The Labute approximate surface area is 275 Å². The Hall–Kier alpha value is -6.26. The van der Waals surface area contributed by atoms with Crippen molar-refractivity contribution in [2.75, 3.05) is 0 Å². The number of nitrogens with zero attached hydrogens (tertiary/aromatic N) is 2. The molecule has 4 nitrogen and oxygen atoms in total. The van der Waals surface area contributed by atoms with Gasteiger partial charge in [0.2, 0.25) is 0 Å². The van der Waals surface area contributed by atoms with Crippen molar-refractivity contribution in [3.8, 4) is 0 Å². The van der Waals surface area contributed by atoms with Gasteiger partial charge in [-0.3, -0.25) is 9.59 Å². The summed E-state index contributed by atoms with van der Waals surface area (Å²) in [7, 11) is 3.73. The lowest BCUT2D eigenvalue weighted by Gasteiger charge is -2.12. The van der Waals surface area contributed by atoms with Crippen molar-refractivity contribution in [2.45, 2.75) is 0 Å². The molecular weight excluding hydrogens is 588 g/mol. The zero-order valence-corrected chi connectivity index (χ0v) is 26.6. The van der Waals surface area contributed by atoms with Gasteiger partial charge in [0.1, 0.15) is 0 Å². The summed E-state index contributed by atoms with van der Waals surface area (Å²) in [4.78, 5) is 29.9. The molecule has 0 saturated carbocycles. The molecule has 9 rings (SSSR count). The van der Waals surface area contributed by atoms with Gasteiger partial charge in [0, 0.05) is 46.4 Å². The van der Waals surface area contributed by atoms with Crippen molar-refractivity contribution >= 4 is 86.4 Å². The Morgan fingerprint density at radius 3 is 1.06 bits per heavy atom. The highest BCUT2D eigenvalue weighted by molar-refractivity contribution is 6.16. The van der Waals surface area contributed by atoms with Gasteiger partial charge in [-0.2, -0.15) is 0 Å². The molecule has 0 amide bonds. The van der Waals surface area contributed by atoms with Gasteiger partial charge in [-0.15, -0.1) is 0 Å². The van der Waals surface area contributed by atoms with Crippen LogP contribution in [0.3, 0.4) is 0 Å². The summed E-state index contributed by atoms with van der Waals surface area (Å²) in [6.45, 7) is 0. The maximum absolute atomic E-state index is 14.9. The molecule has 0 fully saturated rings. The second kappa shape index (κ2) is 10.6. The normalized spacial score (nSPS) is 11.7. The monoisotopic (exact) mass is 618 g/mol. The van der Waals surface area contributed by atoms with Gasteiger partial charge in [-0.05, 0) is 67.4 Å². The predicted molar refractivity (Wildman–Crippen MR) is 203 cm³/mol. The van der Waals surface area contributed by atoms with E-state index in [1.807, 2.05) is 86.9 Å². The molecule has 1 heterocycles. The molecule has 228 valence electrons. The van der Waals surface area contributed by atoms with Crippen molar-refractivity contribution in [3.05, 3.63) is 166 Å². The van der Waals surface area contributed by atoms with E-state index in [-0.39, 0.29) is 11.1 Å². The third-order valence-electron chi connectivity index (χ3n) is 9.89. The van der Waals surface area contributed by atoms with E-state index in [0.29, 0.717) is 10.8 Å². The van der Waals surface area contributed by atoms with E-state index >= 15 is 0 Å². The summed E-state index contributed by atoms with van der Waals surface area (Å²) >= 11 is 0. The third kappa shape index (κ3) is 4.16. The summed E-state index contributed by atoms with van der Waals surface area (Å²) in [5.74, 6) is 0. The fraction of sp³-hybridized carbons (Fsp3) is 0.0455. The summed E-state index contributed by atoms with van der Waals surface area (Å²) in [6.07, 6.45) is 0. The lowest BCUT2D eigenvalue weighted by molar-refractivity contribution is 0.924. The van der Waals surface area contributed by atoms with Crippen molar-refractivity contribution in [3.63, 3.8) is 0 Å². The molecule has 9 aromatic rings. The molecule has 0 aliphatic carbocycles. The number of aryl methyl sites for hydroxylation is 2. The van der Waals surface area contributed by atoms with E-state index < -0.39 is 0 Å². The molecule has 4 bridgehead atoms. The summed E-state index contributed by atoms with van der Waals surface area (Å²) < 4.78 is 3.58. The summed E-state index contributed by atoms with van der Waals surface area (Å²) in [5, 5.41) is 12.4. The topological polar surface area (TPSA) is 44.0 Å². The molecule has 48 heavy (non-hydrogen) atoms. The fourth-order valence-corrected chi connectivity index (χ4v) is 7.55. The Morgan fingerprint density at radius 1 is 0.312 bits per heavy atom. The second-order valence-corrected chi connectivity index (χ2v) is 12.6. The molecule has 0 aliphatic heterocycles. The maximum Gasteiger partial charge on any atom is 0.258 e. The maximum atomic E-state index is 14.9. The minimum atomic E-state index is -0.101. The minimum Gasteiger partial charge on any atom is -0.310 e. The zero-order chi connectivity index (χ0) is 32.5. The van der Waals surface area contributed by atoms with Crippen LogP contribution < -0.4 is 11.1 Å². The van der Waals surface area contributed by atoms with Crippen LogP contribution in [0.2, 0.25) is 0 Å². The lowest BCUT2D eigenvalue weighted by Crippen LogP contribution is -2.16. The zero-order valence-electron chi connectivity index (χ0n) is 26.6. The molecule has 8 aromatic carbocycles. The molecule has 0 atom stereocenters. The molecule has 0 spiro atoms. The minimum absolute atomic E-state index is 0.101. The van der Waals surface area contributed by atoms with E-state index in [1.165, 1.54) is 0 Å². The van der Waals surface area contributed by atoms with Gasteiger partial charge >= 0.3 is 0 Å². The van der Waals surface area contributed by atoms with Crippen LogP contribution in [0.4, 0.5) is 0 Å². The first-order valence-electron chi connectivity index (χ1n) is 16.1. The van der Waals surface area contributed by atoms with E-state index in [9.17, 15) is 9.59 Å². The fourth-order valence-electron chi connectivity index (χ4n) is 7.55. The number of hydrogen-bond acceptors (Lipinski definition) is 2. The van der Waals surface area contributed by atoms with Crippen LogP contribution in [-0.4, -0.2) is 9.13 Å². The van der Waals surface area contributed by atoms with Gasteiger partial charge in [0.25, 0.3) is 11.1 Å². The summed E-state index contributed by atoms with van der Waals surface area (Å²) in [5.41, 5.74) is 1.40. The molecule has 0 N–H and O–H groups in total. The van der Waals surface area contributed by atoms with Crippen LogP contribution in [0.25, 0.3) is 86.4 Å². The molecule has 0 aliphatic rings. The van der Waals surface area contributed by atoms with Gasteiger partial charge in [-0.25, -0.2) is 0 Å². The SMILES string of the molecule is Cn1c(=O)c2cc(cc3ccccc32)c2ccc3ccccc3c2n(C)c(=O)c2cc(cc3ccccc32)c2ccc3ccccc3c21. The smallest absolute Gasteiger partial charge is 0.258 e. The molecular formula is C44H30N2O2. The quantitative estimate of drug-likeness (QED) is 0.170. The Morgan fingerprint density at radius 2 is 0.646 bits per heavy atom. The van der Waals surface area contributed by atoms with Crippen molar-refractivity contribution in [2.24, 2.45) is 14.1 Å². The Balaban J connectivity index is 1.71. The van der Waals surface area contributed by atoms with Crippen molar-refractivity contribution in [1.29, 1.82) is 0 Å². The van der Waals surface area contributed by atoms with Crippen LogP contribution in [0.15, 0.2) is 155 Å². The number of rotatable bonds is 0. The Bertz CT molecular complexity index is 2870. The molecule has 4 heteroatoms. The van der Waals surface area contributed by atoms with E-state index in [1.54, 1.807) is 9.13 Å². The highest BCUT2D eigenvalue weighted by Crippen LogP contribution is 2.32. The summed E-state index contributed by atoms with van der Waals surface area (Å²) in [6, 6.07) is 49.0. The number of hydrogen-bond donors (Lipinski definition) is 0. The van der Waals surface area contributed by atoms with Crippen LogP contribution in [-0.2, 0) is 14.1 Å². The van der Waals surface area contributed by atoms with Crippen LogP contribution in [0, 0.1) is 0 Å². The molecule has 0 saturated heterocycles. The Kier molecular flexibility index (Phi) is 6.21. The third-order valence-corrected chi connectivity index (χ3v) is 9.89. The van der Waals surface area contributed by atoms with Crippen LogP contribution in [0.1, 0.15) is 0 Å². The number of aromatic nitrogens is 2.